The monoisotopic (exact) mass is 370 g/mol. The first-order valence-corrected chi connectivity index (χ1v) is 9.37. The van der Waals surface area contributed by atoms with Crippen molar-refractivity contribution in [1.82, 2.24) is 14.5 Å². The number of aryl methyl sites for hydroxylation is 1. The van der Waals surface area contributed by atoms with Crippen molar-refractivity contribution in [2.75, 3.05) is 37.7 Å². The van der Waals surface area contributed by atoms with Crippen LogP contribution in [-0.4, -0.2) is 59.1 Å². The molecule has 1 amide bonds. The van der Waals surface area contributed by atoms with E-state index >= 15 is 0 Å². The van der Waals surface area contributed by atoms with Crippen molar-refractivity contribution in [2.24, 2.45) is 0 Å². The molecule has 0 bridgehead atoms. The van der Waals surface area contributed by atoms with Gasteiger partial charge in [-0.15, -0.1) is 0 Å². The van der Waals surface area contributed by atoms with Crippen LogP contribution in [-0.2, 0) is 14.3 Å². The first-order chi connectivity index (χ1) is 13.1. The Balaban J connectivity index is 1.57. The van der Waals surface area contributed by atoms with Crippen LogP contribution in [0, 0.1) is 6.92 Å². The van der Waals surface area contributed by atoms with Crippen LogP contribution in [0.1, 0.15) is 25.3 Å². The lowest BCUT2D eigenvalue weighted by atomic mass is 10.2. The third-order valence-corrected chi connectivity index (χ3v) is 4.70. The number of ether oxygens (including phenoxy) is 1. The number of carbonyl (C=O) groups is 2. The summed E-state index contributed by atoms with van der Waals surface area (Å²) in [5.74, 6) is 0.576. The number of hydrogen-bond acceptors (Lipinski definition) is 5. The number of anilines is 1. The lowest BCUT2D eigenvalue weighted by Crippen LogP contribution is -2.49. The van der Waals surface area contributed by atoms with Crippen molar-refractivity contribution in [3.05, 3.63) is 42.2 Å². The van der Waals surface area contributed by atoms with E-state index in [1.54, 1.807) is 13.1 Å². The summed E-state index contributed by atoms with van der Waals surface area (Å²) in [6, 6.07) is 8.32. The lowest BCUT2D eigenvalue weighted by molar-refractivity contribution is -0.145. The molecule has 1 fully saturated rings. The molecular weight excluding hydrogens is 344 g/mol. The summed E-state index contributed by atoms with van der Waals surface area (Å²) < 4.78 is 6.95. The second-order valence-corrected chi connectivity index (χ2v) is 6.61. The van der Waals surface area contributed by atoms with E-state index in [0.29, 0.717) is 32.8 Å². The van der Waals surface area contributed by atoms with Gasteiger partial charge < -0.3 is 14.5 Å². The van der Waals surface area contributed by atoms with Crippen molar-refractivity contribution in [3.8, 4) is 5.69 Å². The highest BCUT2D eigenvalue weighted by molar-refractivity contribution is 5.81. The zero-order valence-corrected chi connectivity index (χ0v) is 15.9. The van der Waals surface area contributed by atoms with Gasteiger partial charge in [0, 0.05) is 50.7 Å². The predicted molar refractivity (Wildman–Crippen MR) is 103 cm³/mol. The van der Waals surface area contributed by atoms with Gasteiger partial charge in [0.15, 0.2) is 0 Å². The number of benzene rings is 1. The number of rotatable bonds is 6. The number of nitrogens with zero attached hydrogens (tertiary/aromatic N) is 4. The highest BCUT2D eigenvalue weighted by Gasteiger charge is 2.24. The van der Waals surface area contributed by atoms with E-state index in [-0.39, 0.29) is 24.7 Å². The van der Waals surface area contributed by atoms with Gasteiger partial charge in [0.2, 0.25) is 11.9 Å². The van der Waals surface area contributed by atoms with Gasteiger partial charge >= 0.3 is 5.97 Å². The van der Waals surface area contributed by atoms with Gasteiger partial charge in [-0.3, -0.25) is 14.2 Å². The van der Waals surface area contributed by atoms with Gasteiger partial charge in [0.05, 0.1) is 13.0 Å². The number of piperazine rings is 1. The second kappa shape index (κ2) is 8.70. The molecular formula is C20H26N4O3. The molecule has 0 atom stereocenters. The molecule has 1 aliphatic heterocycles. The van der Waals surface area contributed by atoms with Crippen LogP contribution in [0.25, 0.3) is 5.69 Å². The van der Waals surface area contributed by atoms with E-state index in [9.17, 15) is 9.59 Å². The van der Waals surface area contributed by atoms with Crippen LogP contribution in [0.15, 0.2) is 36.7 Å². The maximum atomic E-state index is 12.3. The highest BCUT2D eigenvalue weighted by atomic mass is 16.5. The molecule has 27 heavy (non-hydrogen) atoms. The average Bonchev–Trinajstić information content (AvgIpc) is 3.17. The van der Waals surface area contributed by atoms with E-state index in [1.165, 1.54) is 5.56 Å². The SMILES string of the molecule is CCOC(=O)CCC(=O)N1CCN(c2nccn2-c2ccc(C)cc2)CC1. The fourth-order valence-corrected chi connectivity index (χ4v) is 3.19. The van der Waals surface area contributed by atoms with E-state index in [1.807, 2.05) is 11.1 Å². The van der Waals surface area contributed by atoms with Crippen LogP contribution in [0.3, 0.4) is 0 Å². The molecule has 7 heteroatoms. The zero-order chi connectivity index (χ0) is 19.2. The fraction of sp³-hybridized carbons (Fsp3) is 0.450. The smallest absolute Gasteiger partial charge is 0.306 e. The molecule has 144 valence electrons. The second-order valence-electron chi connectivity index (χ2n) is 6.61. The molecule has 7 nitrogen and oxygen atoms in total. The summed E-state index contributed by atoms with van der Waals surface area (Å²) in [7, 11) is 0. The molecule has 0 aliphatic carbocycles. The number of carbonyl (C=O) groups excluding carboxylic acids is 2. The quantitative estimate of drug-likeness (QED) is 0.729. The zero-order valence-electron chi connectivity index (χ0n) is 15.9. The number of amides is 1. The van der Waals surface area contributed by atoms with Crippen molar-refractivity contribution in [3.63, 3.8) is 0 Å². The molecule has 1 saturated heterocycles. The molecule has 0 saturated carbocycles. The van der Waals surface area contributed by atoms with Crippen LogP contribution in [0.4, 0.5) is 5.95 Å². The van der Waals surface area contributed by atoms with E-state index < -0.39 is 0 Å². The molecule has 0 unspecified atom stereocenters. The van der Waals surface area contributed by atoms with E-state index in [0.717, 1.165) is 11.6 Å². The Labute approximate surface area is 159 Å². The first kappa shape index (κ1) is 18.9. The van der Waals surface area contributed by atoms with E-state index in [2.05, 4.69) is 45.6 Å². The van der Waals surface area contributed by atoms with Gasteiger partial charge in [0.25, 0.3) is 0 Å². The average molecular weight is 370 g/mol. The first-order valence-electron chi connectivity index (χ1n) is 9.37. The Morgan fingerprint density at radius 3 is 2.44 bits per heavy atom. The minimum absolute atomic E-state index is 0.00424. The molecule has 1 aromatic heterocycles. The lowest BCUT2D eigenvalue weighted by Gasteiger charge is -2.35. The maximum Gasteiger partial charge on any atom is 0.306 e. The summed E-state index contributed by atoms with van der Waals surface area (Å²) in [5.41, 5.74) is 2.29. The van der Waals surface area contributed by atoms with Crippen molar-refractivity contribution < 1.29 is 14.3 Å². The molecule has 2 heterocycles. The predicted octanol–water partition coefficient (Wildman–Crippen LogP) is 2.17. The minimum Gasteiger partial charge on any atom is -0.466 e. The van der Waals surface area contributed by atoms with Crippen LogP contribution in [0.5, 0.6) is 0 Å². The van der Waals surface area contributed by atoms with Gasteiger partial charge in [-0.1, -0.05) is 17.7 Å². The molecule has 1 aliphatic rings. The molecule has 0 N–H and O–H groups in total. The van der Waals surface area contributed by atoms with Gasteiger partial charge in [-0.25, -0.2) is 4.98 Å². The minimum atomic E-state index is -0.315. The van der Waals surface area contributed by atoms with E-state index in [4.69, 9.17) is 4.74 Å². The van der Waals surface area contributed by atoms with Gasteiger partial charge in [0.1, 0.15) is 0 Å². The molecule has 0 spiro atoms. The molecule has 1 aromatic carbocycles. The van der Waals surface area contributed by atoms with Crippen molar-refractivity contribution in [1.29, 1.82) is 0 Å². The summed E-state index contributed by atoms with van der Waals surface area (Å²) in [5, 5.41) is 0. The van der Waals surface area contributed by atoms with Gasteiger partial charge in [-0.2, -0.15) is 0 Å². The van der Waals surface area contributed by atoms with Crippen LogP contribution >= 0.6 is 0 Å². The van der Waals surface area contributed by atoms with Crippen molar-refractivity contribution >= 4 is 17.8 Å². The Morgan fingerprint density at radius 2 is 1.78 bits per heavy atom. The van der Waals surface area contributed by atoms with Gasteiger partial charge in [-0.05, 0) is 26.0 Å². The Morgan fingerprint density at radius 1 is 1.07 bits per heavy atom. The number of aromatic nitrogens is 2. The Hall–Kier alpha value is -2.83. The van der Waals surface area contributed by atoms with Crippen molar-refractivity contribution in [2.45, 2.75) is 26.7 Å². The molecule has 2 aromatic rings. The number of imidazole rings is 1. The van der Waals surface area contributed by atoms with Crippen LogP contribution < -0.4 is 4.90 Å². The third kappa shape index (κ3) is 4.67. The number of esters is 1. The Kier molecular flexibility index (Phi) is 6.11. The molecule has 3 rings (SSSR count). The standard InChI is InChI=1S/C20H26N4O3/c1-3-27-19(26)9-8-18(25)22-12-14-23(15-13-22)20-21-10-11-24(20)17-6-4-16(2)5-7-17/h4-7,10-11H,3,8-9,12-15H2,1-2H3. The normalized spacial score (nSPS) is 14.3. The molecule has 0 radical (unpaired) electrons. The number of hydrogen-bond donors (Lipinski definition) is 0. The summed E-state index contributed by atoms with van der Waals surface area (Å²) in [4.78, 5) is 32.2. The third-order valence-electron chi connectivity index (χ3n) is 4.70. The highest BCUT2D eigenvalue weighted by Crippen LogP contribution is 2.20. The summed E-state index contributed by atoms with van der Waals surface area (Å²) >= 11 is 0. The van der Waals surface area contributed by atoms with Crippen LogP contribution in [0.2, 0.25) is 0 Å². The Bertz CT molecular complexity index is 777. The summed E-state index contributed by atoms with van der Waals surface area (Å²) in [6.07, 6.45) is 4.10. The maximum absolute atomic E-state index is 12.3. The summed E-state index contributed by atoms with van der Waals surface area (Å²) in [6.45, 7) is 6.86. The fourth-order valence-electron chi connectivity index (χ4n) is 3.19. The largest absolute Gasteiger partial charge is 0.466 e. The topological polar surface area (TPSA) is 67.7 Å².